The van der Waals surface area contributed by atoms with Gasteiger partial charge in [0, 0.05) is 30.2 Å². The van der Waals surface area contributed by atoms with E-state index in [1.165, 1.54) is 0 Å². The molecule has 2 aromatic rings. The second-order valence-corrected chi connectivity index (χ2v) is 6.92. The first-order valence-corrected chi connectivity index (χ1v) is 9.71. The molecule has 3 rings (SSSR count). The summed E-state index contributed by atoms with van der Waals surface area (Å²) < 4.78 is 5.15. The van der Waals surface area contributed by atoms with Crippen LogP contribution < -0.4 is 10.6 Å². The summed E-state index contributed by atoms with van der Waals surface area (Å²) in [5, 5.41) is 7.27. The molecule has 2 aromatic carbocycles. The van der Waals surface area contributed by atoms with Crippen molar-refractivity contribution in [2.75, 3.05) is 30.3 Å². The third-order valence-corrected chi connectivity index (χ3v) is 4.89. The predicted molar refractivity (Wildman–Crippen MR) is 113 cm³/mol. The highest BCUT2D eigenvalue weighted by molar-refractivity contribution is 7.80. The first kappa shape index (κ1) is 19.2. The number of ether oxygens (including phenoxy) is 1. The smallest absolute Gasteiger partial charge is 0.310 e. The van der Waals surface area contributed by atoms with E-state index in [1.807, 2.05) is 61.5 Å². The van der Waals surface area contributed by atoms with Gasteiger partial charge >= 0.3 is 5.97 Å². The Labute approximate surface area is 165 Å². The number of hydrogen-bond donors (Lipinski definition) is 2. The van der Waals surface area contributed by atoms with Crippen molar-refractivity contribution < 1.29 is 9.53 Å². The molecule has 1 aliphatic rings. The zero-order valence-corrected chi connectivity index (χ0v) is 16.3. The lowest BCUT2D eigenvalue weighted by Gasteiger charge is -2.33. The van der Waals surface area contributed by atoms with Crippen molar-refractivity contribution >= 4 is 40.4 Å². The number of benzene rings is 2. The maximum Gasteiger partial charge on any atom is 0.310 e. The van der Waals surface area contributed by atoms with Crippen LogP contribution in [0.25, 0.3) is 0 Å². The van der Waals surface area contributed by atoms with E-state index in [4.69, 9.17) is 17.0 Å². The van der Waals surface area contributed by atoms with Gasteiger partial charge in [-0.3, -0.25) is 4.79 Å². The average molecular weight is 384 g/mol. The Morgan fingerprint density at radius 1 is 1.11 bits per heavy atom. The highest BCUT2D eigenvalue weighted by Crippen LogP contribution is 2.21. The Hall–Kier alpha value is -2.60. The van der Waals surface area contributed by atoms with E-state index in [0.29, 0.717) is 18.3 Å². The van der Waals surface area contributed by atoms with E-state index >= 15 is 0 Å². The first-order chi connectivity index (χ1) is 13.2. The van der Waals surface area contributed by atoms with Crippen LogP contribution in [0.15, 0.2) is 54.6 Å². The summed E-state index contributed by atoms with van der Waals surface area (Å²) in [6.07, 6.45) is 1.79. The van der Waals surface area contributed by atoms with Gasteiger partial charge in [0.2, 0.25) is 0 Å². The average Bonchev–Trinajstić information content (AvgIpc) is 2.70. The van der Waals surface area contributed by atoms with Gasteiger partial charge in [-0.25, -0.2) is 0 Å². The van der Waals surface area contributed by atoms with Gasteiger partial charge < -0.3 is 20.3 Å². The Balaban J connectivity index is 1.55. The summed E-state index contributed by atoms with van der Waals surface area (Å²) in [4.78, 5) is 14.0. The first-order valence-electron chi connectivity index (χ1n) is 9.30. The number of hydrogen-bond acceptors (Lipinski definition) is 4. The summed E-state index contributed by atoms with van der Waals surface area (Å²) >= 11 is 5.54. The molecular formula is C21H25N3O2S. The van der Waals surface area contributed by atoms with E-state index in [2.05, 4.69) is 15.5 Å². The van der Waals surface area contributed by atoms with Gasteiger partial charge in [0.15, 0.2) is 5.11 Å². The van der Waals surface area contributed by atoms with Crippen LogP contribution in [-0.2, 0) is 9.53 Å². The summed E-state index contributed by atoms with van der Waals surface area (Å²) in [6, 6.07) is 18.0. The molecule has 1 fully saturated rings. The van der Waals surface area contributed by atoms with Crippen LogP contribution in [0.1, 0.15) is 19.8 Å². The van der Waals surface area contributed by atoms with Crippen molar-refractivity contribution in [3.8, 4) is 0 Å². The van der Waals surface area contributed by atoms with Crippen LogP contribution in [0, 0.1) is 5.92 Å². The molecule has 1 atom stereocenters. The van der Waals surface area contributed by atoms with Crippen LogP contribution in [-0.4, -0.2) is 35.7 Å². The third kappa shape index (κ3) is 5.44. The molecule has 27 heavy (non-hydrogen) atoms. The van der Waals surface area contributed by atoms with Gasteiger partial charge in [0.1, 0.15) is 0 Å². The molecule has 0 spiro atoms. The topological polar surface area (TPSA) is 53.6 Å². The molecule has 0 bridgehead atoms. The Morgan fingerprint density at radius 2 is 1.78 bits per heavy atom. The van der Waals surface area contributed by atoms with Crippen LogP contribution in [0.4, 0.5) is 17.1 Å². The molecule has 2 N–H and O–H groups in total. The minimum atomic E-state index is -0.124. The monoisotopic (exact) mass is 383 g/mol. The van der Waals surface area contributed by atoms with E-state index < -0.39 is 0 Å². The normalized spacial score (nSPS) is 16.5. The van der Waals surface area contributed by atoms with Crippen LogP contribution in [0.5, 0.6) is 0 Å². The van der Waals surface area contributed by atoms with E-state index in [1.54, 1.807) is 0 Å². The number of anilines is 3. The number of para-hydroxylation sites is 1. The van der Waals surface area contributed by atoms with E-state index in [-0.39, 0.29) is 11.9 Å². The van der Waals surface area contributed by atoms with Gasteiger partial charge in [-0.15, -0.1) is 0 Å². The number of piperidine rings is 1. The number of nitrogens with zero attached hydrogens (tertiary/aromatic N) is 1. The highest BCUT2D eigenvalue weighted by atomic mass is 32.1. The van der Waals surface area contributed by atoms with Crippen LogP contribution >= 0.6 is 12.2 Å². The van der Waals surface area contributed by atoms with Crippen molar-refractivity contribution in [1.29, 1.82) is 0 Å². The van der Waals surface area contributed by atoms with E-state index in [9.17, 15) is 4.79 Å². The number of rotatable bonds is 5. The fourth-order valence-electron chi connectivity index (χ4n) is 3.14. The summed E-state index contributed by atoms with van der Waals surface area (Å²) in [6.45, 7) is 3.72. The standard InChI is InChI=1S/C21H25N3O2S/c1-2-26-20(25)16-7-6-14-24(15-16)21(27)23-19-12-10-18(11-13-19)22-17-8-4-3-5-9-17/h3-5,8-13,16,22H,2,6-7,14-15H2,1H3,(H,23,27)/t16-/m1/s1. The zero-order valence-electron chi connectivity index (χ0n) is 15.5. The number of thiocarbonyl (C=S) groups is 1. The molecule has 142 valence electrons. The Bertz CT molecular complexity index is 765. The second kappa shape index (κ2) is 9.37. The quantitative estimate of drug-likeness (QED) is 0.589. The Kier molecular flexibility index (Phi) is 6.65. The number of nitrogens with one attached hydrogen (secondary N) is 2. The minimum Gasteiger partial charge on any atom is -0.466 e. The molecular weight excluding hydrogens is 358 g/mol. The minimum absolute atomic E-state index is 0.101. The van der Waals surface area contributed by atoms with E-state index in [0.717, 1.165) is 36.4 Å². The van der Waals surface area contributed by atoms with Gasteiger partial charge in [-0.05, 0) is 68.4 Å². The highest BCUT2D eigenvalue weighted by Gasteiger charge is 2.28. The van der Waals surface area contributed by atoms with Gasteiger partial charge in [-0.1, -0.05) is 18.2 Å². The molecule has 1 heterocycles. The molecule has 0 radical (unpaired) electrons. The largest absolute Gasteiger partial charge is 0.466 e. The van der Waals surface area contributed by atoms with Crippen molar-refractivity contribution in [2.24, 2.45) is 5.92 Å². The summed E-state index contributed by atoms with van der Waals surface area (Å²) in [5.74, 6) is -0.225. The van der Waals surface area contributed by atoms with Crippen molar-refractivity contribution in [3.63, 3.8) is 0 Å². The summed E-state index contributed by atoms with van der Waals surface area (Å²) in [5.41, 5.74) is 2.99. The number of carbonyl (C=O) groups is 1. The molecule has 0 amide bonds. The maximum atomic E-state index is 12.0. The van der Waals surface area contributed by atoms with Crippen molar-refractivity contribution in [2.45, 2.75) is 19.8 Å². The molecule has 0 unspecified atom stereocenters. The van der Waals surface area contributed by atoms with Crippen LogP contribution in [0.3, 0.4) is 0 Å². The van der Waals surface area contributed by atoms with Crippen LogP contribution in [0.2, 0.25) is 0 Å². The molecule has 0 saturated carbocycles. The van der Waals surface area contributed by atoms with Crippen molar-refractivity contribution in [1.82, 2.24) is 4.90 Å². The molecule has 1 aliphatic heterocycles. The molecule has 0 aromatic heterocycles. The fourth-order valence-corrected chi connectivity index (χ4v) is 3.43. The molecule has 6 heteroatoms. The maximum absolute atomic E-state index is 12.0. The zero-order chi connectivity index (χ0) is 19.1. The lowest BCUT2D eigenvalue weighted by Crippen LogP contribution is -2.44. The molecule has 0 aliphatic carbocycles. The number of likely N-dealkylation sites (tertiary alicyclic amines) is 1. The van der Waals surface area contributed by atoms with Gasteiger partial charge in [0.05, 0.1) is 12.5 Å². The SMILES string of the molecule is CCOC(=O)[C@@H]1CCCN(C(=S)Nc2ccc(Nc3ccccc3)cc2)C1. The fraction of sp³-hybridized carbons (Fsp3) is 0.333. The predicted octanol–water partition coefficient (Wildman–Crippen LogP) is 4.40. The summed E-state index contributed by atoms with van der Waals surface area (Å²) in [7, 11) is 0. The van der Waals surface area contributed by atoms with Gasteiger partial charge in [0.25, 0.3) is 0 Å². The van der Waals surface area contributed by atoms with Crippen molar-refractivity contribution in [3.05, 3.63) is 54.6 Å². The van der Waals surface area contributed by atoms with Gasteiger partial charge in [-0.2, -0.15) is 0 Å². The lowest BCUT2D eigenvalue weighted by molar-refractivity contribution is -0.149. The Morgan fingerprint density at radius 3 is 2.48 bits per heavy atom. The molecule has 1 saturated heterocycles. The number of carbonyl (C=O) groups excluding carboxylic acids is 1. The third-order valence-electron chi connectivity index (χ3n) is 4.53. The molecule has 5 nitrogen and oxygen atoms in total. The second-order valence-electron chi connectivity index (χ2n) is 6.54. The lowest BCUT2D eigenvalue weighted by atomic mass is 9.98. The number of esters is 1.